The Morgan fingerprint density at radius 3 is 1.85 bits per heavy atom. The molecule has 2 N–H and O–H groups in total. The van der Waals surface area contributed by atoms with Gasteiger partial charge in [0.25, 0.3) is 5.91 Å². The molecular weight excluding hydrogens is 428 g/mol. The third-order valence-electron chi connectivity index (χ3n) is 4.95. The number of carbonyl (C=O) groups is 1. The second-order valence-electron chi connectivity index (χ2n) is 7.50. The first-order valence-corrected chi connectivity index (χ1v) is 10.8. The van der Waals surface area contributed by atoms with Crippen molar-refractivity contribution >= 4 is 12.1 Å². The predicted octanol–water partition coefficient (Wildman–Crippen LogP) is 5.31. The maximum atomic E-state index is 12.8. The number of ether oxygens (including phenoxy) is 2. The van der Waals surface area contributed by atoms with E-state index in [1.807, 2.05) is 60.7 Å². The molecule has 0 heterocycles. The lowest BCUT2D eigenvalue weighted by molar-refractivity contribution is 0.0954. The van der Waals surface area contributed by atoms with Crippen LogP contribution >= 0.6 is 0 Å². The fourth-order valence-electron chi connectivity index (χ4n) is 3.17. The molecule has 6 nitrogen and oxygen atoms in total. The fourth-order valence-corrected chi connectivity index (χ4v) is 3.17. The molecule has 0 aromatic heterocycles. The lowest BCUT2D eigenvalue weighted by Crippen LogP contribution is -2.18. The van der Waals surface area contributed by atoms with E-state index >= 15 is 0 Å². The van der Waals surface area contributed by atoms with Crippen LogP contribution in [0.1, 0.15) is 27.0 Å². The van der Waals surface area contributed by atoms with Crippen molar-refractivity contribution in [2.24, 2.45) is 5.10 Å². The number of para-hydroxylation sites is 1. The van der Waals surface area contributed by atoms with Gasteiger partial charge in [0.2, 0.25) is 0 Å². The summed E-state index contributed by atoms with van der Waals surface area (Å²) < 4.78 is 11.9. The van der Waals surface area contributed by atoms with Crippen LogP contribution in [0.2, 0.25) is 0 Å². The molecule has 6 heteroatoms. The Bertz CT molecular complexity index is 1200. The standard InChI is InChI=1S/C28H24N2O4/c31-27-14-8-7-13-23(27)18-29-30-28(32)24-15-25(33-19-21-9-3-1-4-10-21)17-26(16-24)34-20-22-11-5-2-6-12-22/h1-18,31H,19-20H2,(H,30,32)/b29-18+. The van der Waals surface area contributed by atoms with Gasteiger partial charge in [-0.25, -0.2) is 5.43 Å². The fraction of sp³-hybridized carbons (Fsp3) is 0.0714. The van der Waals surface area contributed by atoms with E-state index in [1.165, 1.54) is 6.21 Å². The van der Waals surface area contributed by atoms with Crippen LogP contribution in [0.25, 0.3) is 0 Å². The molecule has 4 aromatic rings. The van der Waals surface area contributed by atoms with Crippen molar-refractivity contribution in [3.8, 4) is 17.2 Å². The maximum absolute atomic E-state index is 12.8. The molecule has 0 saturated carbocycles. The Labute approximate surface area is 198 Å². The molecule has 4 rings (SSSR count). The number of amides is 1. The van der Waals surface area contributed by atoms with Crippen molar-refractivity contribution in [2.45, 2.75) is 13.2 Å². The summed E-state index contributed by atoms with van der Waals surface area (Å²) in [5.74, 6) is 0.656. The number of hydrogen-bond acceptors (Lipinski definition) is 5. The first-order valence-electron chi connectivity index (χ1n) is 10.8. The lowest BCUT2D eigenvalue weighted by atomic mass is 10.2. The highest BCUT2D eigenvalue weighted by atomic mass is 16.5. The van der Waals surface area contributed by atoms with Gasteiger partial charge in [0.05, 0.1) is 6.21 Å². The molecule has 0 bridgehead atoms. The molecule has 34 heavy (non-hydrogen) atoms. The summed E-state index contributed by atoms with van der Waals surface area (Å²) in [5, 5.41) is 13.8. The van der Waals surface area contributed by atoms with Gasteiger partial charge in [0, 0.05) is 17.2 Å². The number of nitrogens with zero attached hydrogens (tertiary/aromatic N) is 1. The van der Waals surface area contributed by atoms with Gasteiger partial charge in [-0.15, -0.1) is 0 Å². The highest BCUT2D eigenvalue weighted by Gasteiger charge is 2.11. The molecule has 4 aromatic carbocycles. The van der Waals surface area contributed by atoms with Crippen LogP contribution in [0.3, 0.4) is 0 Å². The molecular formula is C28H24N2O4. The van der Waals surface area contributed by atoms with Gasteiger partial charge in [-0.3, -0.25) is 4.79 Å². The minimum Gasteiger partial charge on any atom is -0.507 e. The Morgan fingerprint density at radius 2 is 1.29 bits per heavy atom. The van der Waals surface area contributed by atoms with Crippen LogP contribution in [0.5, 0.6) is 17.2 Å². The quantitative estimate of drug-likeness (QED) is 0.266. The number of benzene rings is 4. The largest absolute Gasteiger partial charge is 0.507 e. The van der Waals surface area contributed by atoms with Gasteiger partial charge in [0.15, 0.2) is 0 Å². The Kier molecular flexibility index (Phi) is 7.54. The molecule has 1 amide bonds. The molecule has 0 aliphatic rings. The average Bonchev–Trinajstić information content (AvgIpc) is 2.88. The van der Waals surface area contributed by atoms with E-state index < -0.39 is 5.91 Å². The number of nitrogens with one attached hydrogen (secondary N) is 1. The molecule has 0 fully saturated rings. The smallest absolute Gasteiger partial charge is 0.271 e. The minimum absolute atomic E-state index is 0.0772. The number of rotatable bonds is 9. The molecule has 0 radical (unpaired) electrons. The van der Waals surface area contributed by atoms with Crippen molar-refractivity contribution in [1.29, 1.82) is 0 Å². The van der Waals surface area contributed by atoms with E-state index in [0.29, 0.717) is 35.8 Å². The van der Waals surface area contributed by atoms with Crippen molar-refractivity contribution in [3.63, 3.8) is 0 Å². The second kappa shape index (κ2) is 11.3. The Morgan fingerprint density at radius 1 is 0.765 bits per heavy atom. The van der Waals surface area contributed by atoms with Crippen molar-refractivity contribution in [2.75, 3.05) is 0 Å². The normalized spacial score (nSPS) is 10.7. The zero-order chi connectivity index (χ0) is 23.6. The minimum atomic E-state index is -0.429. The Hall–Kier alpha value is -4.58. The van der Waals surface area contributed by atoms with Gasteiger partial charge in [-0.05, 0) is 35.4 Å². The number of hydrazone groups is 1. The van der Waals surface area contributed by atoms with Gasteiger partial charge in [-0.2, -0.15) is 5.10 Å². The zero-order valence-corrected chi connectivity index (χ0v) is 18.4. The SMILES string of the molecule is O=C(N/N=C/c1ccccc1O)c1cc(OCc2ccccc2)cc(OCc2ccccc2)c1. The number of carbonyl (C=O) groups excluding carboxylic acids is 1. The molecule has 0 aliphatic carbocycles. The first kappa shape index (κ1) is 22.6. The number of phenolic OH excluding ortho intramolecular Hbond substituents is 1. The third kappa shape index (κ3) is 6.46. The molecule has 0 atom stereocenters. The average molecular weight is 453 g/mol. The van der Waals surface area contributed by atoms with E-state index in [0.717, 1.165) is 11.1 Å². The van der Waals surface area contributed by atoms with Crippen molar-refractivity contribution < 1.29 is 19.4 Å². The third-order valence-corrected chi connectivity index (χ3v) is 4.95. The Balaban J connectivity index is 1.50. The van der Waals surface area contributed by atoms with Crippen LogP contribution in [-0.2, 0) is 13.2 Å². The second-order valence-corrected chi connectivity index (χ2v) is 7.50. The summed E-state index contributed by atoms with van der Waals surface area (Å²) in [6, 6.07) is 31.3. The van der Waals surface area contributed by atoms with Crippen LogP contribution in [0, 0.1) is 0 Å². The first-order chi connectivity index (χ1) is 16.7. The maximum Gasteiger partial charge on any atom is 0.271 e. The van der Waals surface area contributed by atoms with Crippen molar-refractivity contribution in [3.05, 3.63) is 125 Å². The van der Waals surface area contributed by atoms with Gasteiger partial charge >= 0.3 is 0 Å². The zero-order valence-electron chi connectivity index (χ0n) is 18.4. The van der Waals surface area contributed by atoms with Crippen molar-refractivity contribution in [1.82, 2.24) is 5.43 Å². The van der Waals surface area contributed by atoms with E-state index in [9.17, 15) is 9.90 Å². The summed E-state index contributed by atoms with van der Waals surface area (Å²) in [4.78, 5) is 12.8. The monoisotopic (exact) mass is 452 g/mol. The number of phenols is 1. The summed E-state index contributed by atoms with van der Waals surface area (Å²) in [6.07, 6.45) is 1.38. The molecule has 170 valence electrons. The van der Waals surface area contributed by atoms with Crippen LogP contribution in [0.15, 0.2) is 108 Å². The van der Waals surface area contributed by atoms with Gasteiger partial charge in [-0.1, -0.05) is 72.8 Å². The van der Waals surface area contributed by atoms with Crippen LogP contribution in [0.4, 0.5) is 0 Å². The van der Waals surface area contributed by atoms with E-state index in [2.05, 4.69) is 10.5 Å². The van der Waals surface area contributed by atoms with Crippen LogP contribution in [-0.4, -0.2) is 17.2 Å². The molecule has 0 aliphatic heterocycles. The lowest BCUT2D eigenvalue weighted by Gasteiger charge is -2.12. The topological polar surface area (TPSA) is 80.2 Å². The van der Waals surface area contributed by atoms with E-state index in [-0.39, 0.29) is 5.75 Å². The van der Waals surface area contributed by atoms with E-state index in [1.54, 1.807) is 42.5 Å². The van der Waals surface area contributed by atoms with E-state index in [4.69, 9.17) is 9.47 Å². The summed E-state index contributed by atoms with van der Waals surface area (Å²) in [7, 11) is 0. The molecule has 0 unspecified atom stereocenters. The van der Waals surface area contributed by atoms with Gasteiger partial charge < -0.3 is 14.6 Å². The molecule has 0 spiro atoms. The number of aromatic hydroxyl groups is 1. The summed E-state index contributed by atoms with van der Waals surface area (Å²) in [5.41, 5.74) is 5.34. The summed E-state index contributed by atoms with van der Waals surface area (Å²) >= 11 is 0. The number of hydrogen-bond donors (Lipinski definition) is 2. The van der Waals surface area contributed by atoms with Gasteiger partial charge in [0.1, 0.15) is 30.5 Å². The predicted molar refractivity (Wildman–Crippen MR) is 131 cm³/mol. The van der Waals surface area contributed by atoms with Crippen LogP contribution < -0.4 is 14.9 Å². The highest BCUT2D eigenvalue weighted by Crippen LogP contribution is 2.25. The highest BCUT2D eigenvalue weighted by molar-refractivity contribution is 5.95. The molecule has 0 saturated heterocycles. The summed E-state index contributed by atoms with van der Waals surface area (Å²) in [6.45, 7) is 0.713.